The molecule has 0 aliphatic rings. The van der Waals surface area contributed by atoms with Crippen molar-refractivity contribution < 1.29 is 14.6 Å². The van der Waals surface area contributed by atoms with Gasteiger partial charge in [-0.15, -0.1) is 0 Å². The second-order valence-corrected chi connectivity index (χ2v) is 5.64. The summed E-state index contributed by atoms with van der Waals surface area (Å²) in [5.41, 5.74) is 3.52. The number of nitrogens with one attached hydrogen (secondary N) is 1. The minimum Gasteiger partial charge on any atom is -0.504 e. The first-order valence-corrected chi connectivity index (χ1v) is 7.97. The van der Waals surface area contributed by atoms with Crippen LogP contribution in [0.5, 0.6) is 11.5 Å². The fourth-order valence-corrected chi connectivity index (χ4v) is 2.59. The molecule has 2 N–H and O–H groups in total. The van der Waals surface area contributed by atoms with Crippen molar-refractivity contribution in [1.82, 2.24) is 5.32 Å². The Hall–Kier alpha value is -3.27. The highest BCUT2D eigenvalue weighted by molar-refractivity contribution is 5.95. The zero-order valence-electron chi connectivity index (χ0n) is 13.9. The van der Waals surface area contributed by atoms with Gasteiger partial charge in [-0.25, -0.2) is 0 Å². The normalized spacial score (nSPS) is 10.3. The van der Waals surface area contributed by atoms with Gasteiger partial charge in [0, 0.05) is 12.1 Å². The summed E-state index contributed by atoms with van der Waals surface area (Å²) in [6.07, 6.45) is 0. The molecule has 3 aromatic rings. The van der Waals surface area contributed by atoms with Crippen molar-refractivity contribution in [2.24, 2.45) is 0 Å². The van der Waals surface area contributed by atoms with Crippen molar-refractivity contribution in [3.05, 3.63) is 83.9 Å². The molecule has 0 heterocycles. The zero-order chi connectivity index (χ0) is 17.6. The van der Waals surface area contributed by atoms with Crippen LogP contribution in [0.1, 0.15) is 15.9 Å². The van der Waals surface area contributed by atoms with Crippen LogP contribution in [0.15, 0.2) is 72.8 Å². The average molecular weight is 333 g/mol. The van der Waals surface area contributed by atoms with Gasteiger partial charge in [-0.3, -0.25) is 4.79 Å². The lowest BCUT2D eigenvalue weighted by Crippen LogP contribution is -2.22. The molecule has 4 heteroatoms. The van der Waals surface area contributed by atoms with E-state index in [1.807, 2.05) is 48.5 Å². The number of benzene rings is 3. The van der Waals surface area contributed by atoms with E-state index < -0.39 is 0 Å². The number of phenolic OH excluding ortho intramolecular Hbond substituents is 1. The number of methoxy groups -OCH3 is 1. The number of phenols is 1. The van der Waals surface area contributed by atoms with Gasteiger partial charge in [0.15, 0.2) is 11.5 Å². The van der Waals surface area contributed by atoms with Crippen molar-refractivity contribution in [2.45, 2.75) is 6.54 Å². The topological polar surface area (TPSA) is 58.6 Å². The van der Waals surface area contributed by atoms with Crippen LogP contribution in [0.25, 0.3) is 11.1 Å². The summed E-state index contributed by atoms with van der Waals surface area (Å²) in [4.78, 5) is 12.4. The van der Waals surface area contributed by atoms with Crippen molar-refractivity contribution >= 4 is 5.91 Å². The Balaban J connectivity index is 1.72. The van der Waals surface area contributed by atoms with Crippen LogP contribution in [0, 0.1) is 0 Å². The van der Waals surface area contributed by atoms with Crippen molar-refractivity contribution in [1.29, 1.82) is 0 Å². The highest BCUT2D eigenvalue weighted by atomic mass is 16.5. The summed E-state index contributed by atoms with van der Waals surface area (Å²) < 4.78 is 5.08. The number of carbonyl (C=O) groups excluding carboxylic acids is 1. The molecule has 0 aliphatic carbocycles. The molecular formula is C21H19NO3. The Morgan fingerprint density at radius 3 is 2.48 bits per heavy atom. The summed E-state index contributed by atoms with van der Waals surface area (Å²) in [5, 5.41) is 12.5. The van der Waals surface area contributed by atoms with E-state index in [0.717, 1.165) is 16.7 Å². The first-order chi connectivity index (χ1) is 12.2. The van der Waals surface area contributed by atoms with E-state index in [1.165, 1.54) is 7.11 Å². The molecule has 4 nitrogen and oxygen atoms in total. The molecule has 3 aromatic carbocycles. The Morgan fingerprint density at radius 2 is 1.72 bits per heavy atom. The second-order valence-electron chi connectivity index (χ2n) is 5.64. The monoisotopic (exact) mass is 333 g/mol. The first-order valence-electron chi connectivity index (χ1n) is 7.97. The van der Waals surface area contributed by atoms with E-state index in [9.17, 15) is 9.90 Å². The second kappa shape index (κ2) is 7.53. The van der Waals surface area contributed by atoms with Crippen LogP contribution >= 0.6 is 0 Å². The van der Waals surface area contributed by atoms with Gasteiger partial charge in [0.05, 0.1) is 7.11 Å². The third kappa shape index (κ3) is 3.98. The number of amides is 1. The Morgan fingerprint density at radius 1 is 0.960 bits per heavy atom. The van der Waals surface area contributed by atoms with Gasteiger partial charge >= 0.3 is 0 Å². The molecule has 0 spiro atoms. The van der Waals surface area contributed by atoms with Gasteiger partial charge in [-0.05, 0) is 41.0 Å². The Bertz CT molecular complexity index is 875. The van der Waals surface area contributed by atoms with Crippen LogP contribution < -0.4 is 10.1 Å². The standard InChI is InChI=1S/C21H19NO3/c1-25-20-12-15(10-11-19(20)23)14-22-21(24)18-9-5-8-17(13-18)16-6-3-2-4-7-16/h2-13,23H,14H2,1H3,(H,22,24). The predicted molar refractivity (Wildman–Crippen MR) is 97.7 cm³/mol. The van der Waals surface area contributed by atoms with Gasteiger partial charge < -0.3 is 15.2 Å². The van der Waals surface area contributed by atoms with Crippen molar-refractivity contribution in [3.63, 3.8) is 0 Å². The average Bonchev–Trinajstić information content (AvgIpc) is 2.68. The fourth-order valence-electron chi connectivity index (χ4n) is 2.59. The molecule has 0 aliphatic heterocycles. The molecule has 0 saturated carbocycles. The van der Waals surface area contributed by atoms with Crippen LogP contribution in [0.3, 0.4) is 0 Å². The largest absolute Gasteiger partial charge is 0.504 e. The molecule has 0 radical (unpaired) electrons. The highest BCUT2D eigenvalue weighted by Crippen LogP contribution is 2.26. The number of aromatic hydroxyl groups is 1. The molecular weight excluding hydrogens is 314 g/mol. The molecule has 0 bridgehead atoms. The highest BCUT2D eigenvalue weighted by Gasteiger charge is 2.08. The summed E-state index contributed by atoms with van der Waals surface area (Å²) in [6, 6.07) is 22.5. The van der Waals surface area contributed by atoms with Gasteiger partial charge in [0.2, 0.25) is 0 Å². The molecule has 0 fully saturated rings. The minimum atomic E-state index is -0.148. The van der Waals surface area contributed by atoms with E-state index in [-0.39, 0.29) is 11.7 Å². The smallest absolute Gasteiger partial charge is 0.251 e. The van der Waals surface area contributed by atoms with Gasteiger partial charge in [0.1, 0.15) is 0 Å². The maximum Gasteiger partial charge on any atom is 0.251 e. The lowest BCUT2D eigenvalue weighted by atomic mass is 10.0. The van der Waals surface area contributed by atoms with Crippen molar-refractivity contribution in [3.8, 4) is 22.6 Å². The van der Waals surface area contributed by atoms with Crippen LogP contribution in [-0.2, 0) is 6.54 Å². The van der Waals surface area contributed by atoms with E-state index in [4.69, 9.17) is 4.74 Å². The van der Waals surface area contributed by atoms with E-state index in [0.29, 0.717) is 17.9 Å². The van der Waals surface area contributed by atoms with Gasteiger partial charge in [-0.1, -0.05) is 48.5 Å². The summed E-state index contributed by atoms with van der Waals surface area (Å²) in [5.74, 6) is 0.316. The molecule has 126 valence electrons. The van der Waals surface area contributed by atoms with Crippen LogP contribution in [0.4, 0.5) is 0 Å². The lowest BCUT2D eigenvalue weighted by Gasteiger charge is -2.09. The van der Waals surface area contributed by atoms with Gasteiger partial charge in [-0.2, -0.15) is 0 Å². The minimum absolute atomic E-state index is 0.0770. The SMILES string of the molecule is COc1cc(CNC(=O)c2cccc(-c3ccccc3)c2)ccc1O. The number of ether oxygens (including phenoxy) is 1. The summed E-state index contributed by atoms with van der Waals surface area (Å²) in [6.45, 7) is 0.352. The number of hydrogen-bond donors (Lipinski definition) is 2. The third-order valence-electron chi connectivity index (χ3n) is 3.93. The first kappa shape index (κ1) is 16.6. The zero-order valence-corrected chi connectivity index (χ0v) is 13.9. The molecule has 25 heavy (non-hydrogen) atoms. The number of carbonyl (C=O) groups is 1. The number of hydrogen-bond acceptors (Lipinski definition) is 3. The Labute approximate surface area is 146 Å². The van der Waals surface area contributed by atoms with Crippen LogP contribution in [0.2, 0.25) is 0 Å². The summed E-state index contributed by atoms with van der Waals surface area (Å²) in [7, 11) is 1.49. The molecule has 0 atom stereocenters. The number of rotatable bonds is 5. The molecule has 0 aromatic heterocycles. The van der Waals surface area contributed by atoms with Crippen molar-refractivity contribution in [2.75, 3.05) is 7.11 Å². The maximum absolute atomic E-state index is 12.4. The summed E-state index contributed by atoms with van der Waals surface area (Å²) >= 11 is 0. The van der Waals surface area contributed by atoms with E-state index in [1.54, 1.807) is 24.3 Å². The predicted octanol–water partition coefficient (Wildman–Crippen LogP) is 4.00. The molecule has 3 rings (SSSR count). The third-order valence-corrected chi connectivity index (χ3v) is 3.93. The maximum atomic E-state index is 12.4. The van der Waals surface area contributed by atoms with Crippen LogP contribution in [-0.4, -0.2) is 18.1 Å². The van der Waals surface area contributed by atoms with E-state index >= 15 is 0 Å². The molecule has 0 saturated heterocycles. The Kier molecular flexibility index (Phi) is 5.00. The van der Waals surface area contributed by atoms with E-state index in [2.05, 4.69) is 5.32 Å². The fraction of sp³-hybridized carbons (Fsp3) is 0.0952. The quantitative estimate of drug-likeness (QED) is 0.742. The molecule has 0 unspecified atom stereocenters. The lowest BCUT2D eigenvalue weighted by molar-refractivity contribution is 0.0951. The van der Waals surface area contributed by atoms with Gasteiger partial charge in [0.25, 0.3) is 5.91 Å². The molecule has 1 amide bonds.